The second-order valence-electron chi connectivity index (χ2n) is 6.36. The summed E-state index contributed by atoms with van der Waals surface area (Å²) in [6.45, 7) is 1.16. The number of hydrogen-bond acceptors (Lipinski definition) is 5. The van der Waals surface area contributed by atoms with Gasteiger partial charge in [-0.25, -0.2) is 0 Å². The van der Waals surface area contributed by atoms with E-state index < -0.39 is 0 Å². The average Bonchev–Trinajstić information content (AvgIpc) is 3.37. The van der Waals surface area contributed by atoms with Crippen LogP contribution in [0.4, 0.5) is 0 Å². The minimum absolute atomic E-state index is 0.00528. The zero-order chi connectivity index (χ0) is 17.9. The van der Waals surface area contributed by atoms with Crippen LogP contribution < -0.4 is 4.74 Å². The largest absolute Gasteiger partial charge is 0.497 e. The van der Waals surface area contributed by atoms with Crippen LogP contribution in [0.25, 0.3) is 0 Å². The summed E-state index contributed by atoms with van der Waals surface area (Å²) in [5.41, 5.74) is 1.79. The first-order valence-electron chi connectivity index (χ1n) is 8.51. The van der Waals surface area contributed by atoms with Crippen molar-refractivity contribution in [2.75, 3.05) is 20.2 Å². The lowest BCUT2D eigenvalue weighted by atomic mass is 9.88. The van der Waals surface area contributed by atoms with Crippen LogP contribution in [0, 0.1) is 0 Å². The predicted molar refractivity (Wildman–Crippen MR) is 95.1 cm³/mol. The lowest BCUT2D eigenvalue weighted by Crippen LogP contribution is -2.28. The van der Waals surface area contributed by atoms with Gasteiger partial charge in [0.05, 0.1) is 7.11 Å². The molecule has 1 aromatic heterocycles. The summed E-state index contributed by atoms with van der Waals surface area (Å²) >= 11 is 0. The van der Waals surface area contributed by atoms with E-state index in [0.29, 0.717) is 30.2 Å². The van der Waals surface area contributed by atoms with Crippen LogP contribution in [-0.4, -0.2) is 41.1 Å². The molecule has 1 aliphatic heterocycles. The molecule has 0 radical (unpaired) electrons. The monoisotopic (exact) mass is 349 g/mol. The molecule has 0 N–H and O–H groups in total. The Morgan fingerprint density at radius 3 is 2.65 bits per heavy atom. The van der Waals surface area contributed by atoms with Crippen molar-refractivity contribution in [3.05, 3.63) is 77.9 Å². The van der Waals surface area contributed by atoms with E-state index in [-0.39, 0.29) is 17.7 Å². The summed E-state index contributed by atoms with van der Waals surface area (Å²) in [6.07, 6.45) is 1.34. The second kappa shape index (κ2) is 7.00. The quantitative estimate of drug-likeness (QED) is 0.724. The van der Waals surface area contributed by atoms with Gasteiger partial charge >= 0.3 is 0 Å². The Bertz CT molecular complexity index is 880. The molecule has 4 rings (SSSR count). The van der Waals surface area contributed by atoms with Gasteiger partial charge < -0.3 is 14.2 Å². The van der Waals surface area contributed by atoms with Crippen molar-refractivity contribution >= 4 is 5.91 Å². The van der Waals surface area contributed by atoms with E-state index in [2.05, 4.69) is 22.3 Å². The van der Waals surface area contributed by atoms with Gasteiger partial charge in [-0.15, -0.1) is 0 Å². The fraction of sp³-hybridized carbons (Fsp3) is 0.250. The SMILES string of the molecule is COc1cccc(C(=O)N2C[C@@H](c3ccccc3)[C@H](c3ncon3)C2)c1. The van der Waals surface area contributed by atoms with Crippen LogP contribution in [-0.2, 0) is 0 Å². The number of carbonyl (C=O) groups is 1. The summed E-state index contributed by atoms with van der Waals surface area (Å²) < 4.78 is 10.2. The zero-order valence-corrected chi connectivity index (χ0v) is 14.4. The third-order valence-corrected chi connectivity index (χ3v) is 4.86. The molecule has 0 spiro atoms. The first kappa shape index (κ1) is 16.3. The van der Waals surface area contributed by atoms with Crippen molar-refractivity contribution < 1.29 is 14.1 Å². The Hall–Kier alpha value is -3.15. The highest BCUT2D eigenvalue weighted by Crippen LogP contribution is 2.38. The van der Waals surface area contributed by atoms with Crippen molar-refractivity contribution in [1.82, 2.24) is 15.0 Å². The highest BCUT2D eigenvalue weighted by molar-refractivity contribution is 5.95. The Kier molecular flexibility index (Phi) is 4.39. The predicted octanol–water partition coefficient (Wildman–Crippen LogP) is 3.10. The van der Waals surface area contributed by atoms with E-state index in [1.165, 1.54) is 12.0 Å². The molecule has 26 heavy (non-hydrogen) atoms. The van der Waals surface area contributed by atoms with E-state index in [0.717, 1.165) is 0 Å². The van der Waals surface area contributed by atoms with Crippen LogP contribution in [0.15, 0.2) is 65.5 Å². The molecule has 132 valence electrons. The van der Waals surface area contributed by atoms with E-state index in [4.69, 9.17) is 9.26 Å². The number of aromatic nitrogens is 2. The number of amides is 1. The maximum Gasteiger partial charge on any atom is 0.254 e. The summed E-state index contributed by atoms with van der Waals surface area (Å²) in [7, 11) is 1.59. The van der Waals surface area contributed by atoms with Crippen LogP contribution in [0.5, 0.6) is 5.75 Å². The number of likely N-dealkylation sites (tertiary alicyclic amines) is 1. The highest BCUT2D eigenvalue weighted by Gasteiger charge is 2.39. The Labute approximate surface area is 151 Å². The number of ether oxygens (including phenoxy) is 1. The number of nitrogens with zero attached hydrogens (tertiary/aromatic N) is 3. The lowest BCUT2D eigenvalue weighted by Gasteiger charge is -2.17. The summed E-state index contributed by atoms with van der Waals surface area (Å²) in [5, 5.41) is 4.02. The number of methoxy groups -OCH3 is 1. The molecule has 0 saturated carbocycles. The smallest absolute Gasteiger partial charge is 0.254 e. The molecule has 2 aromatic carbocycles. The third kappa shape index (κ3) is 3.06. The van der Waals surface area contributed by atoms with Gasteiger partial charge in [0.2, 0.25) is 6.39 Å². The normalized spacial score (nSPS) is 19.5. The zero-order valence-electron chi connectivity index (χ0n) is 14.4. The van der Waals surface area contributed by atoms with Gasteiger partial charge in [-0.3, -0.25) is 4.79 Å². The maximum atomic E-state index is 13.0. The second-order valence-corrected chi connectivity index (χ2v) is 6.36. The molecule has 3 aromatic rings. The highest BCUT2D eigenvalue weighted by atomic mass is 16.5. The number of hydrogen-bond donors (Lipinski definition) is 0. The fourth-order valence-electron chi connectivity index (χ4n) is 3.55. The van der Waals surface area contributed by atoms with Gasteiger partial charge in [0.25, 0.3) is 5.91 Å². The molecule has 0 aliphatic carbocycles. The van der Waals surface area contributed by atoms with Crippen molar-refractivity contribution in [1.29, 1.82) is 0 Å². The molecule has 1 aliphatic rings. The van der Waals surface area contributed by atoms with Gasteiger partial charge in [0.1, 0.15) is 5.75 Å². The molecule has 1 amide bonds. The minimum Gasteiger partial charge on any atom is -0.497 e. The van der Waals surface area contributed by atoms with Gasteiger partial charge in [0, 0.05) is 30.5 Å². The Morgan fingerprint density at radius 2 is 1.92 bits per heavy atom. The molecule has 6 heteroatoms. The Balaban J connectivity index is 1.63. The molecule has 0 bridgehead atoms. The summed E-state index contributed by atoms with van der Waals surface area (Å²) in [4.78, 5) is 19.1. The van der Waals surface area contributed by atoms with E-state index in [1.54, 1.807) is 13.2 Å². The van der Waals surface area contributed by atoms with Gasteiger partial charge in [-0.2, -0.15) is 4.98 Å². The van der Waals surface area contributed by atoms with Crippen molar-refractivity contribution in [3.8, 4) is 5.75 Å². The van der Waals surface area contributed by atoms with Gasteiger partial charge in [-0.1, -0.05) is 41.6 Å². The molecule has 1 fully saturated rings. The first-order chi connectivity index (χ1) is 12.8. The number of benzene rings is 2. The van der Waals surface area contributed by atoms with E-state index in [9.17, 15) is 4.79 Å². The van der Waals surface area contributed by atoms with E-state index in [1.807, 2.05) is 41.3 Å². The first-order valence-corrected chi connectivity index (χ1v) is 8.51. The molecular weight excluding hydrogens is 330 g/mol. The Morgan fingerprint density at radius 1 is 1.12 bits per heavy atom. The van der Waals surface area contributed by atoms with Gasteiger partial charge in [-0.05, 0) is 23.8 Å². The molecule has 0 unspecified atom stereocenters. The molecule has 2 heterocycles. The van der Waals surface area contributed by atoms with Crippen LogP contribution >= 0.6 is 0 Å². The molecule has 6 nitrogen and oxygen atoms in total. The number of carbonyl (C=O) groups excluding carboxylic acids is 1. The van der Waals surface area contributed by atoms with Gasteiger partial charge in [0.15, 0.2) is 5.82 Å². The average molecular weight is 349 g/mol. The maximum absolute atomic E-state index is 13.0. The number of rotatable bonds is 4. The van der Waals surface area contributed by atoms with Crippen molar-refractivity contribution in [3.63, 3.8) is 0 Å². The van der Waals surface area contributed by atoms with E-state index >= 15 is 0 Å². The van der Waals surface area contributed by atoms with Crippen LogP contribution in [0.1, 0.15) is 33.6 Å². The van der Waals surface area contributed by atoms with Crippen molar-refractivity contribution in [2.24, 2.45) is 0 Å². The molecule has 2 atom stereocenters. The lowest BCUT2D eigenvalue weighted by molar-refractivity contribution is 0.0788. The van der Waals surface area contributed by atoms with Crippen LogP contribution in [0.3, 0.4) is 0 Å². The third-order valence-electron chi connectivity index (χ3n) is 4.86. The van der Waals surface area contributed by atoms with Crippen LogP contribution in [0.2, 0.25) is 0 Å². The summed E-state index contributed by atoms with van der Waals surface area (Å²) in [5.74, 6) is 1.43. The topological polar surface area (TPSA) is 68.5 Å². The fourth-order valence-corrected chi connectivity index (χ4v) is 3.55. The molecular formula is C20H19N3O3. The molecule has 1 saturated heterocycles. The summed E-state index contributed by atoms with van der Waals surface area (Å²) in [6, 6.07) is 17.4. The standard InChI is InChI=1S/C20H19N3O3/c1-25-16-9-5-8-15(10-16)20(24)23-11-17(14-6-3-2-4-7-14)18(12-23)19-21-13-26-22-19/h2-10,13,17-18H,11-12H2,1H3/t17-,18+/m0/s1. The minimum atomic E-state index is -0.0178. The van der Waals surface area contributed by atoms with Crippen molar-refractivity contribution in [2.45, 2.75) is 11.8 Å².